The average molecular weight is 222 g/mol. The fourth-order valence-corrected chi connectivity index (χ4v) is 2.10. The molecular formula is C15H14N2. The van der Waals surface area contributed by atoms with Crippen molar-refractivity contribution < 1.29 is 0 Å². The van der Waals surface area contributed by atoms with Gasteiger partial charge in [-0.05, 0) is 18.4 Å². The summed E-state index contributed by atoms with van der Waals surface area (Å²) in [7, 11) is 0. The molecule has 1 unspecified atom stereocenters. The van der Waals surface area contributed by atoms with Gasteiger partial charge in [0, 0.05) is 23.6 Å². The number of allylic oxidation sites excluding steroid dienone is 3. The van der Waals surface area contributed by atoms with Crippen molar-refractivity contribution in [1.29, 1.82) is 0 Å². The molecule has 2 nitrogen and oxygen atoms in total. The van der Waals surface area contributed by atoms with Gasteiger partial charge in [0.1, 0.15) is 0 Å². The monoisotopic (exact) mass is 222 g/mol. The lowest BCUT2D eigenvalue weighted by atomic mass is 9.96. The minimum absolute atomic E-state index is 0.574. The fourth-order valence-electron chi connectivity index (χ4n) is 2.10. The van der Waals surface area contributed by atoms with Gasteiger partial charge in [0.2, 0.25) is 0 Å². The predicted molar refractivity (Wildman–Crippen MR) is 72.1 cm³/mol. The highest BCUT2D eigenvalue weighted by atomic mass is 14.8. The van der Waals surface area contributed by atoms with E-state index >= 15 is 0 Å². The van der Waals surface area contributed by atoms with E-state index < -0.39 is 0 Å². The summed E-state index contributed by atoms with van der Waals surface area (Å²) in [4.78, 5) is 9.10. The van der Waals surface area contributed by atoms with Gasteiger partial charge >= 0.3 is 0 Å². The van der Waals surface area contributed by atoms with E-state index in [0.29, 0.717) is 5.92 Å². The van der Waals surface area contributed by atoms with Crippen LogP contribution in [0.5, 0.6) is 0 Å². The Hall–Kier alpha value is -1.96. The average Bonchev–Trinajstić information content (AvgIpc) is 2.33. The van der Waals surface area contributed by atoms with Crippen LogP contribution >= 0.6 is 0 Å². The number of benzene rings is 1. The van der Waals surface area contributed by atoms with Gasteiger partial charge in [-0.2, -0.15) is 0 Å². The number of aliphatic imine (C=N–C) groups is 2. The van der Waals surface area contributed by atoms with E-state index in [1.54, 1.807) is 0 Å². The maximum absolute atomic E-state index is 4.56. The molecule has 1 heterocycles. The number of nitrogens with zero attached hydrogens (tertiary/aromatic N) is 2. The van der Waals surface area contributed by atoms with Crippen LogP contribution in [0.3, 0.4) is 0 Å². The highest BCUT2D eigenvalue weighted by molar-refractivity contribution is 5.95. The smallest absolute Gasteiger partial charge is 0.0717 e. The van der Waals surface area contributed by atoms with Crippen molar-refractivity contribution in [2.75, 3.05) is 0 Å². The SMILES string of the molecule is CC1C=C2/C=N\c3ccccc3/C=N\C2=CC1. The lowest BCUT2D eigenvalue weighted by Crippen LogP contribution is -2.03. The summed E-state index contributed by atoms with van der Waals surface area (Å²) in [5.41, 5.74) is 4.23. The molecule has 84 valence electrons. The number of rotatable bonds is 0. The molecule has 0 saturated carbocycles. The molecule has 0 spiro atoms. The molecule has 0 amide bonds. The molecule has 0 bridgehead atoms. The van der Waals surface area contributed by atoms with Crippen LogP contribution in [0.2, 0.25) is 0 Å². The Kier molecular flexibility index (Phi) is 2.48. The van der Waals surface area contributed by atoms with Crippen molar-refractivity contribution in [2.45, 2.75) is 13.3 Å². The zero-order valence-corrected chi connectivity index (χ0v) is 9.80. The Labute approximate surface area is 101 Å². The first kappa shape index (κ1) is 10.2. The third-order valence-corrected chi connectivity index (χ3v) is 3.07. The molecule has 0 aromatic heterocycles. The molecule has 1 aliphatic heterocycles. The topological polar surface area (TPSA) is 24.7 Å². The first-order valence-electron chi connectivity index (χ1n) is 5.92. The second-order valence-corrected chi connectivity index (χ2v) is 4.50. The van der Waals surface area contributed by atoms with Crippen LogP contribution in [-0.2, 0) is 0 Å². The second-order valence-electron chi connectivity index (χ2n) is 4.50. The van der Waals surface area contributed by atoms with Crippen LogP contribution in [0.15, 0.2) is 57.7 Å². The molecule has 0 fully saturated rings. The number of fused-ring (bicyclic) bond motifs is 2. The van der Waals surface area contributed by atoms with E-state index in [2.05, 4.69) is 29.1 Å². The Morgan fingerprint density at radius 3 is 2.94 bits per heavy atom. The Balaban J connectivity index is 2.10. The van der Waals surface area contributed by atoms with E-state index in [4.69, 9.17) is 0 Å². The first-order valence-corrected chi connectivity index (χ1v) is 5.92. The molecule has 17 heavy (non-hydrogen) atoms. The fraction of sp³-hybridized carbons (Fsp3) is 0.200. The predicted octanol–water partition coefficient (Wildman–Crippen LogP) is 3.67. The summed E-state index contributed by atoms with van der Waals surface area (Å²) >= 11 is 0. The van der Waals surface area contributed by atoms with Crippen LogP contribution in [0, 0.1) is 5.92 Å². The van der Waals surface area contributed by atoms with Crippen LogP contribution < -0.4 is 0 Å². The summed E-state index contributed by atoms with van der Waals surface area (Å²) < 4.78 is 0. The summed E-state index contributed by atoms with van der Waals surface area (Å²) in [6, 6.07) is 8.06. The minimum Gasteiger partial charge on any atom is -0.256 e. The normalized spacial score (nSPS) is 25.6. The molecule has 0 saturated heterocycles. The van der Waals surface area contributed by atoms with Gasteiger partial charge in [-0.3, -0.25) is 9.98 Å². The summed E-state index contributed by atoms with van der Waals surface area (Å²) in [6.07, 6.45) is 9.32. The maximum Gasteiger partial charge on any atom is 0.0717 e. The largest absolute Gasteiger partial charge is 0.256 e. The third-order valence-electron chi connectivity index (χ3n) is 3.07. The lowest BCUT2D eigenvalue weighted by molar-refractivity contribution is 0.726. The van der Waals surface area contributed by atoms with E-state index in [9.17, 15) is 0 Å². The summed E-state index contributed by atoms with van der Waals surface area (Å²) in [5, 5.41) is 0. The van der Waals surface area contributed by atoms with Crippen molar-refractivity contribution in [3.05, 3.63) is 53.3 Å². The first-order chi connectivity index (χ1) is 8.33. The van der Waals surface area contributed by atoms with Crippen LogP contribution in [-0.4, -0.2) is 12.4 Å². The van der Waals surface area contributed by atoms with E-state index in [1.165, 1.54) is 0 Å². The summed E-state index contributed by atoms with van der Waals surface area (Å²) in [5.74, 6) is 0.574. The number of hydrogen-bond donors (Lipinski definition) is 0. The Morgan fingerprint density at radius 1 is 1.12 bits per heavy atom. The second kappa shape index (κ2) is 4.13. The molecule has 3 rings (SSSR count). The zero-order valence-electron chi connectivity index (χ0n) is 9.80. The zero-order chi connectivity index (χ0) is 11.7. The molecule has 1 aromatic carbocycles. The standard InChI is InChI=1S/C15H14N2/c1-11-6-7-15-13(8-11)10-17-14-5-3-2-4-12(14)9-16-15/h2-5,7-11H,6H2,1H3/b16-9-,17-10-. The highest BCUT2D eigenvalue weighted by Gasteiger charge is 2.12. The van der Waals surface area contributed by atoms with Gasteiger partial charge in [-0.25, -0.2) is 0 Å². The molecule has 1 aromatic rings. The van der Waals surface area contributed by atoms with Gasteiger partial charge in [-0.15, -0.1) is 0 Å². The van der Waals surface area contributed by atoms with Crippen molar-refractivity contribution in [1.82, 2.24) is 0 Å². The molecule has 0 radical (unpaired) electrons. The highest BCUT2D eigenvalue weighted by Crippen LogP contribution is 2.26. The maximum atomic E-state index is 4.56. The van der Waals surface area contributed by atoms with E-state index in [0.717, 1.165) is 28.9 Å². The lowest BCUT2D eigenvalue weighted by Gasteiger charge is -2.15. The van der Waals surface area contributed by atoms with Gasteiger partial charge < -0.3 is 0 Å². The van der Waals surface area contributed by atoms with Crippen molar-refractivity contribution >= 4 is 18.1 Å². The van der Waals surface area contributed by atoms with E-state index in [-0.39, 0.29) is 0 Å². The molecular weight excluding hydrogens is 208 g/mol. The van der Waals surface area contributed by atoms with Gasteiger partial charge in [0.05, 0.1) is 11.4 Å². The molecule has 2 aliphatic rings. The Morgan fingerprint density at radius 2 is 2.00 bits per heavy atom. The number of para-hydroxylation sites is 1. The van der Waals surface area contributed by atoms with Crippen LogP contribution in [0.1, 0.15) is 18.9 Å². The summed E-state index contributed by atoms with van der Waals surface area (Å²) in [6.45, 7) is 2.21. The number of hydrogen-bond acceptors (Lipinski definition) is 2. The third kappa shape index (κ3) is 1.98. The van der Waals surface area contributed by atoms with Crippen molar-refractivity contribution in [2.24, 2.45) is 15.9 Å². The molecule has 1 aliphatic carbocycles. The van der Waals surface area contributed by atoms with Gasteiger partial charge in [0.15, 0.2) is 0 Å². The van der Waals surface area contributed by atoms with Gasteiger partial charge in [-0.1, -0.05) is 37.3 Å². The molecule has 0 N–H and O–H groups in total. The van der Waals surface area contributed by atoms with Crippen molar-refractivity contribution in [3.63, 3.8) is 0 Å². The van der Waals surface area contributed by atoms with E-state index in [1.807, 2.05) is 36.7 Å². The van der Waals surface area contributed by atoms with Crippen LogP contribution in [0.4, 0.5) is 5.69 Å². The molecule has 2 heteroatoms. The van der Waals surface area contributed by atoms with Crippen LogP contribution in [0.25, 0.3) is 0 Å². The van der Waals surface area contributed by atoms with Crippen molar-refractivity contribution in [3.8, 4) is 0 Å². The quantitative estimate of drug-likeness (QED) is 0.640. The minimum atomic E-state index is 0.574. The molecule has 1 atom stereocenters. The van der Waals surface area contributed by atoms with Gasteiger partial charge in [0.25, 0.3) is 0 Å². The Bertz CT molecular complexity index is 562.